The molecule has 2 aromatic rings. The van der Waals surface area contributed by atoms with Gasteiger partial charge in [0.1, 0.15) is 5.69 Å². The van der Waals surface area contributed by atoms with Crippen molar-refractivity contribution in [1.29, 1.82) is 0 Å². The summed E-state index contributed by atoms with van der Waals surface area (Å²) in [5.41, 5.74) is 8.57. The van der Waals surface area contributed by atoms with Gasteiger partial charge >= 0.3 is 0 Å². The number of aromatic amines is 1. The Hall–Kier alpha value is -1.78. The second kappa shape index (κ2) is 6.78. The topological polar surface area (TPSA) is 70.9 Å². The minimum atomic E-state index is -0.0942. The average Bonchev–Trinajstić information content (AvgIpc) is 3.22. The molecule has 1 atom stereocenters. The van der Waals surface area contributed by atoms with E-state index < -0.39 is 0 Å². The highest BCUT2D eigenvalue weighted by Crippen LogP contribution is 2.31. The van der Waals surface area contributed by atoms with Gasteiger partial charge in [-0.1, -0.05) is 30.3 Å². The molecule has 0 bridgehead atoms. The fourth-order valence-electron chi connectivity index (χ4n) is 2.31. The molecule has 0 saturated heterocycles. The van der Waals surface area contributed by atoms with Gasteiger partial charge in [-0.3, -0.25) is 4.79 Å². The molecule has 1 fully saturated rings. The van der Waals surface area contributed by atoms with Crippen molar-refractivity contribution in [2.24, 2.45) is 11.7 Å². The molecular weight excluding hydrogens is 286 g/mol. The van der Waals surface area contributed by atoms with E-state index in [0.29, 0.717) is 18.2 Å². The van der Waals surface area contributed by atoms with Crippen LogP contribution in [-0.4, -0.2) is 23.5 Å². The number of benzene rings is 1. The van der Waals surface area contributed by atoms with Crippen molar-refractivity contribution < 1.29 is 4.79 Å². The number of carbonyl (C=O) groups is 1. The number of nitrogens with two attached hydrogens (primary N) is 1. The third-order valence-corrected chi connectivity index (χ3v) is 3.74. The molecular formula is C16H20ClN3O. The highest BCUT2D eigenvalue weighted by Gasteiger charge is 2.28. The Morgan fingerprint density at radius 3 is 2.62 bits per heavy atom. The molecule has 1 aliphatic rings. The van der Waals surface area contributed by atoms with Crippen LogP contribution < -0.4 is 11.1 Å². The normalized spacial score (nSPS) is 15.1. The van der Waals surface area contributed by atoms with E-state index in [1.807, 2.05) is 36.4 Å². The third-order valence-electron chi connectivity index (χ3n) is 3.74. The first-order chi connectivity index (χ1) is 9.74. The summed E-state index contributed by atoms with van der Waals surface area (Å²) in [7, 11) is 0. The van der Waals surface area contributed by atoms with E-state index in [1.54, 1.807) is 6.07 Å². The van der Waals surface area contributed by atoms with Gasteiger partial charge in [-0.2, -0.15) is 0 Å². The summed E-state index contributed by atoms with van der Waals surface area (Å²) in [6.07, 6.45) is 2.38. The average molecular weight is 306 g/mol. The molecule has 0 aliphatic heterocycles. The molecule has 1 saturated carbocycles. The first-order valence-electron chi connectivity index (χ1n) is 7.02. The summed E-state index contributed by atoms with van der Waals surface area (Å²) in [4.78, 5) is 15.2. The third kappa shape index (κ3) is 3.86. The van der Waals surface area contributed by atoms with Crippen molar-refractivity contribution in [3.05, 3.63) is 48.2 Å². The fourth-order valence-corrected chi connectivity index (χ4v) is 2.31. The standard InChI is InChI=1S/C16H19N3O.ClH/c17-13(11-6-7-11)10-18-16(20)15-9-8-14(19-15)12-4-2-1-3-5-12;/h1-5,8-9,11,13,19H,6-7,10,17H2,(H,18,20);1H. The van der Waals surface area contributed by atoms with Gasteiger partial charge in [0, 0.05) is 18.3 Å². The van der Waals surface area contributed by atoms with E-state index in [0.717, 1.165) is 11.3 Å². The van der Waals surface area contributed by atoms with Crippen LogP contribution in [0.15, 0.2) is 42.5 Å². The van der Waals surface area contributed by atoms with Gasteiger partial charge in [0.05, 0.1) is 0 Å². The predicted octanol–water partition coefficient (Wildman–Crippen LogP) is 2.57. The largest absolute Gasteiger partial charge is 0.351 e. The van der Waals surface area contributed by atoms with Crippen molar-refractivity contribution >= 4 is 18.3 Å². The summed E-state index contributed by atoms with van der Waals surface area (Å²) in [5.74, 6) is 0.502. The Bertz CT molecular complexity index is 593. The molecule has 1 amide bonds. The number of nitrogens with one attached hydrogen (secondary N) is 2. The van der Waals surface area contributed by atoms with Crippen LogP contribution in [0.25, 0.3) is 11.3 Å². The Kier molecular flexibility index (Phi) is 5.04. The lowest BCUT2D eigenvalue weighted by Crippen LogP contribution is -2.38. The van der Waals surface area contributed by atoms with Crippen LogP contribution in [0.1, 0.15) is 23.3 Å². The van der Waals surface area contributed by atoms with Gasteiger partial charge in [0.25, 0.3) is 5.91 Å². The van der Waals surface area contributed by atoms with E-state index in [4.69, 9.17) is 5.73 Å². The number of carbonyl (C=O) groups excluding carboxylic acids is 1. The molecule has 1 aromatic heterocycles. The first kappa shape index (κ1) is 15.6. The SMILES string of the molecule is Cl.NC(CNC(=O)c1ccc(-c2ccccc2)[nH]1)C1CC1. The Balaban J connectivity index is 0.00000161. The molecule has 3 rings (SSSR count). The van der Waals surface area contributed by atoms with Gasteiger partial charge in [-0.15, -0.1) is 12.4 Å². The van der Waals surface area contributed by atoms with Crippen LogP contribution in [0.4, 0.5) is 0 Å². The molecule has 5 heteroatoms. The number of hydrogen-bond acceptors (Lipinski definition) is 2. The van der Waals surface area contributed by atoms with Crippen LogP contribution in [0, 0.1) is 5.92 Å². The fraction of sp³-hybridized carbons (Fsp3) is 0.312. The monoisotopic (exact) mass is 305 g/mol. The molecule has 4 N–H and O–H groups in total. The predicted molar refractivity (Wildman–Crippen MR) is 86.5 cm³/mol. The van der Waals surface area contributed by atoms with Crippen LogP contribution in [-0.2, 0) is 0 Å². The number of halogens is 1. The molecule has 4 nitrogen and oxygen atoms in total. The van der Waals surface area contributed by atoms with Gasteiger partial charge < -0.3 is 16.0 Å². The Labute approximate surface area is 130 Å². The summed E-state index contributed by atoms with van der Waals surface area (Å²) in [6, 6.07) is 13.8. The van der Waals surface area contributed by atoms with Crippen molar-refractivity contribution in [2.75, 3.05) is 6.54 Å². The van der Waals surface area contributed by atoms with E-state index in [-0.39, 0.29) is 24.4 Å². The van der Waals surface area contributed by atoms with Crippen molar-refractivity contribution in [1.82, 2.24) is 10.3 Å². The molecule has 1 aliphatic carbocycles. The minimum Gasteiger partial charge on any atom is -0.351 e. The Morgan fingerprint density at radius 2 is 1.95 bits per heavy atom. The first-order valence-corrected chi connectivity index (χ1v) is 7.02. The molecule has 0 spiro atoms. The van der Waals surface area contributed by atoms with E-state index >= 15 is 0 Å². The second-order valence-electron chi connectivity index (χ2n) is 5.36. The lowest BCUT2D eigenvalue weighted by molar-refractivity contribution is 0.0946. The van der Waals surface area contributed by atoms with Gasteiger partial charge in [0.15, 0.2) is 0 Å². The maximum absolute atomic E-state index is 12.0. The quantitative estimate of drug-likeness (QED) is 0.794. The van der Waals surface area contributed by atoms with Crippen LogP contribution in [0.5, 0.6) is 0 Å². The van der Waals surface area contributed by atoms with Crippen LogP contribution in [0.2, 0.25) is 0 Å². The highest BCUT2D eigenvalue weighted by molar-refractivity contribution is 5.93. The molecule has 1 unspecified atom stereocenters. The summed E-state index contributed by atoms with van der Waals surface area (Å²) >= 11 is 0. The number of rotatable bonds is 5. The van der Waals surface area contributed by atoms with E-state index in [2.05, 4.69) is 10.3 Å². The lowest BCUT2D eigenvalue weighted by atomic mass is 10.2. The Morgan fingerprint density at radius 1 is 1.24 bits per heavy atom. The smallest absolute Gasteiger partial charge is 0.267 e. The molecule has 1 aromatic carbocycles. The summed E-state index contributed by atoms with van der Waals surface area (Å²) in [5, 5.41) is 2.89. The molecule has 21 heavy (non-hydrogen) atoms. The summed E-state index contributed by atoms with van der Waals surface area (Å²) in [6.45, 7) is 0.545. The number of hydrogen-bond donors (Lipinski definition) is 3. The zero-order chi connectivity index (χ0) is 13.9. The number of H-pyrrole nitrogens is 1. The van der Waals surface area contributed by atoms with Crippen LogP contribution in [0.3, 0.4) is 0 Å². The zero-order valence-corrected chi connectivity index (χ0v) is 12.5. The van der Waals surface area contributed by atoms with Crippen molar-refractivity contribution in [3.8, 4) is 11.3 Å². The molecule has 1 heterocycles. The maximum atomic E-state index is 12.0. The molecule has 112 valence electrons. The number of amides is 1. The highest BCUT2D eigenvalue weighted by atomic mass is 35.5. The van der Waals surface area contributed by atoms with E-state index in [1.165, 1.54) is 12.8 Å². The maximum Gasteiger partial charge on any atom is 0.267 e. The molecule has 0 radical (unpaired) electrons. The van der Waals surface area contributed by atoms with Gasteiger partial charge in [0.2, 0.25) is 0 Å². The second-order valence-corrected chi connectivity index (χ2v) is 5.36. The van der Waals surface area contributed by atoms with Gasteiger partial charge in [-0.25, -0.2) is 0 Å². The van der Waals surface area contributed by atoms with Gasteiger partial charge in [-0.05, 0) is 36.5 Å². The van der Waals surface area contributed by atoms with Crippen molar-refractivity contribution in [2.45, 2.75) is 18.9 Å². The lowest BCUT2D eigenvalue weighted by Gasteiger charge is -2.10. The van der Waals surface area contributed by atoms with Crippen LogP contribution >= 0.6 is 12.4 Å². The summed E-state index contributed by atoms with van der Waals surface area (Å²) < 4.78 is 0. The number of aromatic nitrogens is 1. The van der Waals surface area contributed by atoms with Crippen molar-refractivity contribution in [3.63, 3.8) is 0 Å². The zero-order valence-electron chi connectivity index (χ0n) is 11.7. The van der Waals surface area contributed by atoms with E-state index in [9.17, 15) is 4.79 Å². The minimum absolute atomic E-state index is 0.